The van der Waals surface area contributed by atoms with Gasteiger partial charge in [0.25, 0.3) is 0 Å². The topological polar surface area (TPSA) is 87.5 Å². The molecule has 1 saturated carbocycles. The van der Waals surface area contributed by atoms with Crippen LogP contribution in [0.3, 0.4) is 0 Å². The number of aromatic nitrogens is 1. The van der Waals surface area contributed by atoms with Crippen LogP contribution in [0, 0.1) is 0 Å². The molecular formula is C14H22N4O3. The summed E-state index contributed by atoms with van der Waals surface area (Å²) >= 11 is 0. The van der Waals surface area contributed by atoms with E-state index < -0.39 is 0 Å². The number of carbonyl (C=O) groups is 2. The van der Waals surface area contributed by atoms with E-state index in [-0.39, 0.29) is 24.5 Å². The van der Waals surface area contributed by atoms with E-state index >= 15 is 0 Å². The van der Waals surface area contributed by atoms with Crippen molar-refractivity contribution < 1.29 is 14.1 Å². The molecule has 1 aromatic heterocycles. The number of urea groups is 1. The standard InChI is InChI=1S/C14H22N4O3/c1-2-15-14(20)18(11-6-4-3-5-7-11)10-13(19)16-12-8-9-21-17-12/h8-9,11H,2-7,10H2,1H3,(H,15,20)(H,16,17,19). The molecule has 21 heavy (non-hydrogen) atoms. The molecule has 0 spiro atoms. The molecule has 7 nitrogen and oxygen atoms in total. The van der Waals surface area contributed by atoms with Crippen molar-refractivity contribution >= 4 is 17.8 Å². The summed E-state index contributed by atoms with van der Waals surface area (Å²) in [5, 5.41) is 9.03. The fourth-order valence-corrected chi connectivity index (χ4v) is 2.63. The molecule has 1 fully saturated rings. The van der Waals surface area contributed by atoms with Gasteiger partial charge in [-0.3, -0.25) is 4.79 Å². The Morgan fingerprint density at radius 1 is 1.38 bits per heavy atom. The Kier molecular flexibility index (Phi) is 5.59. The lowest BCUT2D eigenvalue weighted by atomic mass is 9.94. The lowest BCUT2D eigenvalue weighted by Gasteiger charge is -2.33. The summed E-state index contributed by atoms with van der Waals surface area (Å²) in [6.07, 6.45) is 6.70. The molecule has 1 aliphatic rings. The fraction of sp³-hybridized carbons (Fsp3) is 0.643. The van der Waals surface area contributed by atoms with Gasteiger partial charge in [-0.2, -0.15) is 0 Å². The van der Waals surface area contributed by atoms with Crippen LogP contribution in [-0.2, 0) is 4.79 Å². The second kappa shape index (κ2) is 7.66. The average molecular weight is 294 g/mol. The third kappa shape index (κ3) is 4.47. The summed E-state index contributed by atoms with van der Waals surface area (Å²) in [6, 6.07) is 1.52. The molecule has 2 N–H and O–H groups in total. The molecule has 0 atom stereocenters. The first-order valence-electron chi connectivity index (χ1n) is 7.45. The fourth-order valence-electron chi connectivity index (χ4n) is 2.63. The van der Waals surface area contributed by atoms with Gasteiger partial charge in [-0.15, -0.1) is 0 Å². The number of nitrogens with one attached hydrogen (secondary N) is 2. The SMILES string of the molecule is CCNC(=O)N(CC(=O)Nc1ccon1)C1CCCCC1. The number of rotatable bonds is 5. The highest BCUT2D eigenvalue weighted by Crippen LogP contribution is 2.22. The highest BCUT2D eigenvalue weighted by atomic mass is 16.5. The van der Waals surface area contributed by atoms with Crippen molar-refractivity contribution in [1.82, 2.24) is 15.4 Å². The maximum Gasteiger partial charge on any atom is 0.318 e. The third-order valence-corrected chi connectivity index (χ3v) is 3.62. The largest absolute Gasteiger partial charge is 0.363 e. The highest BCUT2D eigenvalue weighted by molar-refractivity contribution is 5.93. The number of hydrogen-bond donors (Lipinski definition) is 2. The molecule has 0 bridgehead atoms. The van der Waals surface area contributed by atoms with Crippen molar-refractivity contribution in [3.05, 3.63) is 12.3 Å². The van der Waals surface area contributed by atoms with E-state index in [1.807, 2.05) is 6.92 Å². The molecule has 2 rings (SSSR count). The Morgan fingerprint density at radius 2 is 2.14 bits per heavy atom. The first-order valence-corrected chi connectivity index (χ1v) is 7.45. The quantitative estimate of drug-likeness (QED) is 0.869. The Hall–Kier alpha value is -2.05. The molecule has 0 radical (unpaired) electrons. The molecule has 116 valence electrons. The van der Waals surface area contributed by atoms with Crippen LogP contribution in [0.4, 0.5) is 10.6 Å². The lowest BCUT2D eigenvalue weighted by molar-refractivity contribution is -0.117. The molecule has 1 aliphatic carbocycles. The zero-order valence-electron chi connectivity index (χ0n) is 12.3. The third-order valence-electron chi connectivity index (χ3n) is 3.62. The van der Waals surface area contributed by atoms with Crippen molar-refractivity contribution in [2.24, 2.45) is 0 Å². The summed E-state index contributed by atoms with van der Waals surface area (Å²) in [7, 11) is 0. The minimum atomic E-state index is -0.263. The van der Waals surface area contributed by atoms with Crippen LogP contribution in [0.1, 0.15) is 39.0 Å². The van der Waals surface area contributed by atoms with E-state index in [9.17, 15) is 9.59 Å². The number of amides is 3. The van der Waals surface area contributed by atoms with Gasteiger partial charge in [0.1, 0.15) is 12.8 Å². The first-order chi connectivity index (χ1) is 10.2. The van der Waals surface area contributed by atoms with E-state index in [4.69, 9.17) is 0 Å². The van der Waals surface area contributed by atoms with E-state index in [0.717, 1.165) is 25.7 Å². The van der Waals surface area contributed by atoms with Crippen molar-refractivity contribution in [3.8, 4) is 0 Å². The van der Waals surface area contributed by atoms with Crippen LogP contribution < -0.4 is 10.6 Å². The van der Waals surface area contributed by atoms with Crippen LogP contribution in [-0.4, -0.2) is 41.1 Å². The summed E-state index contributed by atoms with van der Waals surface area (Å²) in [4.78, 5) is 25.9. The van der Waals surface area contributed by atoms with Crippen LogP contribution >= 0.6 is 0 Å². The Morgan fingerprint density at radius 3 is 2.76 bits per heavy atom. The van der Waals surface area contributed by atoms with Crippen LogP contribution in [0.15, 0.2) is 16.9 Å². The van der Waals surface area contributed by atoms with Gasteiger partial charge in [0, 0.05) is 18.7 Å². The summed E-state index contributed by atoms with van der Waals surface area (Å²) < 4.78 is 4.67. The van der Waals surface area contributed by atoms with Gasteiger partial charge in [-0.05, 0) is 19.8 Å². The average Bonchev–Trinajstić information content (AvgIpc) is 2.98. The number of anilines is 1. The smallest absolute Gasteiger partial charge is 0.318 e. The van der Waals surface area contributed by atoms with Crippen molar-refractivity contribution in [1.29, 1.82) is 0 Å². The zero-order chi connectivity index (χ0) is 15.1. The summed E-state index contributed by atoms with van der Waals surface area (Å²) in [5.74, 6) is 0.0974. The number of nitrogens with zero attached hydrogens (tertiary/aromatic N) is 2. The molecule has 1 heterocycles. The first kappa shape index (κ1) is 15.3. The minimum Gasteiger partial charge on any atom is -0.363 e. The van der Waals surface area contributed by atoms with Gasteiger partial charge in [0.05, 0.1) is 0 Å². The monoisotopic (exact) mass is 294 g/mol. The molecule has 1 aromatic rings. The van der Waals surface area contributed by atoms with Gasteiger partial charge in [0.15, 0.2) is 5.82 Å². The second-order valence-electron chi connectivity index (χ2n) is 5.19. The Balaban J connectivity index is 1.97. The van der Waals surface area contributed by atoms with Crippen LogP contribution in [0.2, 0.25) is 0 Å². The minimum absolute atomic E-state index is 0.0311. The molecule has 0 aliphatic heterocycles. The van der Waals surface area contributed by atoms with Crippen molar-refractivity contribution in [2.75, 3.05) is 18.4 Å². The van der Waals surface area contributed by atoms with Gasteiger partial charge in [0.2, 0.25) is 5.91 Å². The zero-order valence-corrected chi connectivity index (χ0v) is 12.3. The number of carbonyl (C=O) groups excluding carboxylic acids is 2. The van der Waals surface area contributed by atoms with Crippen molar-refractivity contribution in [2.45, 2.75) is 45.1 Å². The van der Waals surface area contributed by atoms with Gasteiger partial charge in [-0.25, -0.2) is 4.79 Å². The molecule has 0 aromatic carbocycles. The van der Waals surface area contributed by atoms with Gasteiger partial charge >= 0.3 is 6.03 Å². The number of hydrogen-bond acceptors (Lipinski definition) is 4. The molecule has 0 saturated heterocycles. The molecule has 7 heteroatoms. The van der Waals surface area contributed by atoms with Crippen LogP contribution in [0.25, 0.3) is 0 Å². The second-order valence-corrected chi connectivity index (χ2v) is 5.19. The maximum absolute atomic E-state index is 12.2. The van der Waals surface area contributed by atoms with Gasteiger partial charge < -0.3 is 20.1 Å². The van der Waals surface area contributed by atoms with E-state index in [1.165, 1.54) is 12.7 Å². The van der Waals surface area contributed by atoms with E-state index in [0.29, 0.717) is 12.4 Å². The Labute approximate surface area is 124 Å². The van der Waals surface area contributed by atoms with E-state index in [1.54, 1.807) is 11.0 Å². The van der Waals surface area contributed by atoms with E-state index in [2.05, 4.69) is 20.3 Å². The summed E-state index contributed by atoms with van der Waals surface area (Å²) in [6.45, 7) is 2.45. The van der Waals surface area contributed by atoms with Crippen LogP contribution in [0.5, 0.6) is 0 Å². The lowest BCUT2D eigenvalue weighted by Crippen LogP contribution is -2.50. The molecule has 3 amide bonds. The highest BCUT2D eigenvalue weighted by Gasteiger charge is 2.27. The predicted molar refractivity (Wildman–Crippen MR) is 77.8 cm³/mol. The molecular weight excluding hydrogens is 272 g/mol. The van der Waals surface area contributed by atoms with Gasteiger partial charge in [-0.1, -0.05) is 24.4 Å². The van der Waals surface area contributed by atoms with Crippen molar-refractivity contribution in [3.63, 3.8) is 0 Å². The maximum atomic E-state index is 12.2. The molecule has 0 unspecified atom stereocenters. The summed E-state index contributed by atoms with van der Waals surface area (Å²) in [5.41, 5.74) is 0. The predicted octanol–water partition coefficient (Wildman–Crippen LogP) is 1.98. The normalized spacial score (nSPS) is 15.5. The Bertz CT molecular complexity index is 455.